The van der Waals surface area contributed by atoms with E-state index in [1.165, 1.54) is 37.7 Å². The largest absolute Gasteiger partial charge is 0.310 e. The van der Waals surface area contributed by atoms with E-state index in [1.807, 2.05) is 6.07 Å². The van der Waals surface area contributed by atoms with Crippen LogP contribution in [0.3, 0.4) is 0 Å². The van der Waals surface area contributed by atoms with Gasteiger partial charge < -0.3 is 5.32 Å². The van der Waals surface area contributed by atoms with Crippen molar-refractivity contribution in [2.45, 2.75) is 44.6 Å². The van der Waals surface area contributed by atoms with E-state index in [4.69, 9.17) is 5.14 Å². The number of hydrogen-bond acceptors (Lipinski definition) is 3. The lowest BCUT2D eigenvalue weighted by molar-refractivity contribution is 0.272. The maximum Gasteiger partial charge on any atom is 0.209 e. The molecular weight excluding hydrogens is 284 g/mol. The third kappa shape index (κ3) is 5.77. The van der Waals surface area contributed by atoms with Crippen LogP contribution in [0, 0.1) is 5.92 Å². The van der Waals surface area contributed by atoms with Gasteiger partial charge in [0.05, 0.1) is 5.75 Å². The van der Waals surface area contributed by atoms with E-state index >= 15 is 0 Å². The molecule has 21 heavy (non-hydrogen) atoms. The first-order valence-corrected chi connectivity index (χ1v) is 9.56. The first-order chi connectivity index (χ1) is 10.1. The van der Waals surface area contributed by atoms with Crippen LogP contribution in [0.5, 0.6) is 0 Å². The third-order valence-electron chi connectivity index (χ3n) is 4.25. The predicted octanol–water partition coefficient (Wildman–Crippen LogP) is 2.58. The summed E-state index contributed by atoms with van der Waals surface area (Å²) in [5, 5.41) is 8.61. The summed E-state index contributed by atoms with van der Waals surface area (Å²) in [7, 11) is -3.35. The highest BCUT2D eigenvalue weighted by Gasteiger charge is 2.24. The van der Waals surface area contributed by atoms with Gasteiger partial charge in [0.1, 0.15) is 0 Å². The van der Waals surface area contributed by atoms with Gasteiger partial charge in [0.25, 0.3) is 0 Å². The molecular formula is C16H26N2O2S. The van der Waals surface area contributed by atoms with E-state index in [9.17, 15) is 8.42 Å². The highest BCUT2D eigenvalue weighted by atomic mass is 32.2. The molecule has 0 radical (unpaired) electrons. The van der Waals surface area contributed by atoms with Gasteiger partial charge >= 0.3 is 0 Å². The zero-order valence-electron chi connectivity index (χ0n) is 12.5. The smallest absolute Gasteiger partial charge is 0.209 e. The normalized spacial score (nSPS) is 18.5. The van der Waals surface area contributed by atoms with Crippen molar-refractivity contribution in [3.8, 4) is 0 Å². The fraction of sp³-hybridized carbons (Fsp3) is 0.625. The van der Waals surface area contributed by atoms with Crippen LogP contribution in [0.4, 0.5) is 0 Å². The average Bonchev–Trinajstić information content (AvgIpc) is 2.48. The van der Waals surface area contributed by atoms with Gasteiger partial charge in [-0.25, -0.2) is 13.6 Å². The molecule has 0 spiro atoms. The fourth-order valence-electron chi connectivity index (χ4n) is 3.22. The standard InChI is InChI=1S/C16H26N2O2S/c17-21(19,20)13-7-12-18-16(14-8-3-1-4-9-14)15-10-5-2-6-11-15/h1,3-4,8-9,15-16,18H,2,5-7,10-13H2,(H2,17,19,20). The Labute approximate surface area is 128 Å². The van der Waals surface area contributed by atoms with Gasteiger partial charge in [-0.3, -0.25) is 0 Å². The molecule has 1 aliphatic rings. The van der Waals surface area contributed by atoms with E-state index in [2.05, 4.69) is 29.6 Å². The maximum atomic E-state index is 11.0. The zero-order chi connectivity index (χ0) is 15.1. The number of nitrogens with two attached hydrogens (primary N) is 1. The highest BCUT2D eigenvalue weighted by molar-refractivity contribution is 7.89. The summed E-state index contributed by atoms with van der Waals surface area (Å²) in [6.07, 6.45) is 7.00. The summed E-state index contributed by atoms with van der Waals surface area (Å²) in [4.78, 5) is 0. The van der Waals surface area contributed by atoms with Crippen LogP contribution in [0.2, 0.25) is 0 Å². The Bertz CT molecular complexity index is 510. The summed E-state index contributed by atoms with van der Waals surface area (Å²) in [6.45, 7) is 0.687. The summed E-state index contributed by atoms with van der Waals surface area (Å²) >= 11 is 0. The highest BCUT2D eigenvalue weighted by Crippen LogP contribution is 2.34. The molecule has 0 saturated heterocycles. The Morgan fingerprint density at radius 2 is 1.81 bits per heavy atom. The van der Waals surface area contributed by atoms with Crippen LogP contribution in [-0.4, -0.2) is 20.7 Å². The Balaban J connectivity index is 1.95. The molecule has 5 heteroatoms. The number of sulfonamides is 1. The summed E-state index contributed by atoms with van der Waals surface area (Å²) in [5.41, 5.74) is 1.31. The molecule has 0 bridgehead atoms. The van der Waals surface area contributed by atoms with Crippen molar-refractivity contribution < 1.29 is 8.42 Å². The molecule has 1 unspecified atom stereocenters. The zero-order valence-corrected chi connectivity index (χ0v) is 13.3. The molecule has 0 heterocycles. The Morgan fingerprint density at radius 1 is 1.14 bits per heavy atom. The van der Waals surface area contributed by atoms with Gasteiger partial charge in [-0.15, -0.1) is 0 Å². The molecule has 0 amide bonds. The molecule has 0 aromatic heterocycles. The lowest BCUT2D eigenvalue weighted by Crippen LogP contribution is -2.31. The first-order valence-electron chi connectivity index (χ1n) is 7.85. The summed E-state index contributed by atoms with van der Waals surface area (Å²) in [6, 6.07) is 10.8. The fourth-order valence-corrected chi connectivity index (χ4v) is 3.76. The third-order valence-corrected chi connectivity index (χ3v) is 5.11. The SMILES string of the molecule is NS(=O)(=O)CCCNC(c1ccccc1)C1CCCCC1. The van der Waals surface area contributed by atoms with Gasteiger partial charge in [-0.2, -0.15) is 0 Å². The quantitative estimate of drug-likeness (QED) is 0.760. The van der Waals surface area contributed by atoms with Gasteiger partial charge in [0.15, 0.2) is 0 Å². The van der Waals surface area contributed by atoms with Crippen LogP contribution < -0.4 is 10.5 Å². The Hall–Kier alpha value is -0.910. The van der Waals surface area contributed by atoms with Gasteiger partial charge in [0.2, 0.25) is 10.0 Å². The molecule has 1 fully saturated rings. The lowest BCUT2D eigenvalue weighted by atomic mass is 9.81. The van der Waals surface area contributed by atoms with Gasteiger partial charge in [-0.05, 0) is 37.3 Å². The van der Waals surface area contributed by atoms with Gasteiger partial charge in [0, 0.05) is 6.04 Å². The van der Waals surface area contributed by atoms with E-state index in [0.29, 0.717) is 24.9 Å². The van der Waals surface area contributed by atoms with Crippen molar-refractivity contribution in [2.75, 3.05) is 12.3 Å². The molecule has 1 aromatic carbocycles. The minimum Gasteiger partial charge on any atom is -0.310 e. The van der Waals surface area contributed by atoms with Crippen LogP contribution in [0.1, 0.15) is 50.1 Å². The van der Waals surface area contributed by atoms with Crippen LogP contribution in [-0.2, 0) is 10.0 Å². The molecule has 4 nitrogen and oxygen atoms in total. The second-order valence-corrected chi connectivity index (χ2v) is 7.70. The monoisotopic (exact) mass is 310 g/mol. The van der Waals surface area contributed by atoms with Crippen LogP contribution >= 0.6 is 0 Å². The van der Waals surface area contributed by atoms with Crippen molar-refractivity contribution in [2.24, 2.45) is 11.1 Å². The number of nitrogens with one attached hydrogen (secondary N) is 1. The Kier molecular flexibility index (Phi) is 6.21. The van der Waals surface area contributed by atoms with Gasteiger partial charge in [-0.1, -0.05) is 49.6 Å². The topological polar surface area (TPSA) is 72.2 Å². The second-order valence-electron chi connectivity index (χ2n) is 5.96. The van der Waals surface area contributed by atoms with E-state index < -0.39 is 10.0 Å². The number of primary sulfonamides is 1. The summed E-state index contributed by atoms with van der Waals surface area (Å²) in [5.74, 6) is 0.697. The molecule has 0 aliphatic heterocycles. The molecule has 1 aromatic rings. The number of hydrogen-bond donors (Lipinski definition) is 2. The van der Waals surface area contributed by atoms with Crippen molar-refractivity contribution in [3.63, 3.8) is 0 Å². The van der Waals surface area contributed by atoms with Crippen molar-refractivity contribution >= 4 is 10.0 Å². The number of benzene rings is 1. The maximum absolute atomic E-state index is 11.0. The first kappa shape index (κ1) is 16.5. The van der Waals surface area contributed by atoms with E-state index in [1.54, 1.807) is 0 Å². The minimum absolute atomic E-state index is 0.0478. The minimum atomic E-state index is -3.35. The molecule has 1 aliphatic carbocycles. The van der Waals surface area contributed by atoms with Crippen LogP contribution in [0.25, 0.3) is 0 Å². The number of rotatable bonds is 7. The molecule has 1 atom stereocenters. The van der Waals surface area contributed by atoms with Crippen LogP contribution in [0.15, 0.2) is 30.3 Å². The molecule has 118 valence electrons. The molecule has 1 saturated carbocycles. The molecule has 3 N–H and O–H groups in total. The van der Waals surface area contributed by atoms with E-state index in [-0.39, 0.29) is 5.75 Å². The summed E-state index contributed by atoms with van der Waals surface area (Å²) < 4.78 is 22.0. The predicted molar refractivity (Wildman–Crippen MR) is 86.4 cm³/mol. The molecule has 2 rings (SSSR count). The van der Waals surface area contributed by atoms with E-state index in [0.717, 1.165) is 0 Å². The van der Waals surface area contributed by atoms with Crippen molar-refractivity contribution in [1.82, 2.24) is 5.32 Å². The second kappa shape index (κ2) is 7.92. The Morgan fingerprint density at radius 3 is 2.43 bits per heavy atom. The average molecular weight is 310 g/mol. The van der Waals surface area contributed by atoms with Crippen molar-refractivity contribution in [1.29, 1.82) is 0 Å². The van der Waals surface area contributed by atoms with Crippen molar-refractivity contribution in [3.05, 3.63) is 35.9 Å². The lowest BCUT2D eigenvalue weighted by Gasteiger charge is -2.31.